The lowest BCUT2D eigenvalue weighted by Gasteiger charge is -2.29. The van der Waals surface area contributed by atoms with Gasteiger partial charge in [-0.2, -0.15) is 0 Å². The normalized spacial score (nSPS) is 24.7. The van der Waals surface area contributed by atoms with E-state index in [2.05, 4.69) is 15.5 Å². The molecule has 0 radical (unpaired) electrons. The van der Waals surface area contributed by atoms with Crippen LogP contribution in [0, 0.1) is 0 Å². The van der Waals surface area contributed by atoms with Crippen molar-refractivity contribution in [1.29, 1.82) is 0 Å². The lowest BCUT2D eigenvalue weighted by atomic mass is 10.2. The Labute approximate surface area is 125 Å². The highest BCUT2D eigenvalue weighted by atomic mass is 32.2. The Morgan fingerprint density at radius 2 is 2.20 bits per heavy atom. The SMILES string of the molecule is CC1(C)SC[C@H](C(=O)Nc2nnc(C3CC3)s2)N1C=O. The predicted octanol–water partition coefficient (Wildman–Crippen LogP) is 1.66. The molecule has 0 bridgehead atoms. The molecule has 3 rings (SSSR count). The number of carbonyl (C=O) groups excluding carboxylic acids is 2. The average Bonchev–Trinajstić information content (AvgIpc) is 3.06. The van der Waals surface area contributed by atoms with Crippen LogP contribution >= 0.6 is 23.1 Å². The van der Waals surface area contributed by atoms with Gasteiger partial charge < -0.3 is 4.90 Å². The molecule has 1 N–H and O–H groups in total. The number of rotatable bonds is 4. The molecular formula is C12H16N4O2S2. The van der Waals surface area contributed by atoms with Crippen LogP contribution in [-0.2, 0) is 9.59 Å². The molecule has 1 atom stereocenters. The third kappa shape index (κ3) is 2.54. The molecule has 1 aromatic rings. The molecule has 20 heavy (non-hydrogen) atoms. The maximum atomic E-state index is 12.3. The molecule has 6 nitrogen and oxygen atoms in total. The van der Waals surface area contributed by atoms with Gasteiger partial charge in [-0.1, -0.05) is 11.3 Å². The van der Waals surface area contributed by atoms with Gasteiger partial charge in [-0.05, 0) is 26.7 Å². The Kier molecular flexibility index (Phi) is 3.45. The van der Waals surface area contributed by atoms with E-state index in [9.17, 15) is 9.59 Å². The monoisotopic (exact) mass is 312 g/mol. The van der Waals surface area contributed by atoms with Crippen LogP contribution in [0.25, 0.3) is 0 Å². The standard InChI is InChI=1S/C12H16N4O2S2/c1-12(2)16(6-17)8(5-19-12)9(18)13-11-15-14-10(20-11)7-3-4-7/h6-8H,3-5H2,1-2H3,(H,13,15,18)/t8-/m1/s1. The van der Waals surface area contributed by atoms with Crippen LogP contribution in [0.2, 0.25) is 0 Å². The van der Waals surface area contributed by atoms with Gasteiger partial charge in [-0.25, -0.2) is 0 Å². The third-order valence-corrected chi connectivity index (χ3v) is 5.97. The van der Waals surface area contributed by atoms with E-state index >= 15 is 0 Å². The van der Waals surface area contributed by atoms with Crippen LogP contribution in [0.3, 0.4) is 0 Å². The Morgan fingerprint density at radius 1 is 1.45 bits per heavy atom. The van der Waals surface area contributed by atoms with Crippen molar-refractivity contribution in [3.63, 3.8) is 0 Å². The lowest BCUT2D eigenvalue weighted by Crippen LogP contribution is -2.47. The van der Waals surface area contributed by atoms with Crippen molar-refractivity contribution in [2.24, 2.45) is 0 Å². The van der Waals surface area contributed by atoms with Gasteiger partial charge in [0.1, 0.15) is 11.0 Å². The molecule has 1 aliphatic carbocycles. The molecule has 1 aromatic heterocycles. The van der Waals surface area contributed by atoms with Crippen molar-refractivity contribution in [2.45, 2.75) is 43.5 Å². The molecule has 2 aliphatic rings. The largest absolute Gasteiger partial charge is 0.318 e. The summed E-state index contributed by atoms with van der Waals surface area (Å²) in [5.41, 5.74) is 0. The third-order valence-electron chi connectivity index (χ3n) is 3.57. The summed E-state index contributed by atoms with van der Waals surface area (Å²) in [5.74, 6) is 0.950. The van der Waals surface area contributed by atoms with E-state index in [4.69, 9.17) is 0 Å². The van der Waals surface area contributed by atoms with E-state index in [1.807, 2.05) is 13.8 Å². The van der Waals surface area contributed by atoms with Crippen LogP contribution < -0.4 is 5.32 Å². The highest BCUT2D eigenvalue weighted by Crippen LogP contribution is 2.42. The second-order valence-corrected chi connectivity index (χ2v) is 8.13. The number of nitrogens with zero attached hydrogens (tertiary/aromatic N) is 3. The molecule has 108 valence electrons. The Morgan fingerprint density at radius 3 is 2.85 bits per heavy atom. The molecule has 1 saturated carbocycles. The average molecular weight is 312 g/mol. The Hall–Kier alpha value is -1.15. The van der Waals surface area contributed by atoms with Gasteiger partial charge in [0, 0.05) is 11.7 Å². The van der Waals surface area contributed by atoms with E-state index in [0.717, 1.165) is 24.3 Å². The quantitative estimate of drug-likeness (QED) is 0.856. The molecule has 2 amide bonds. The minimum absolute atomic E-state index is 0.186. The fraction of sp³-hybridized carbons (Fsp3) is 0.667. The van der Waals surface area contributed by atoms with Crippen molar-refractivity contribution in [3.8, 4) is 0 Å². The number of amides is 2. The number of thioether (sulfide) groups is 1. The van der Waals surface area contributed by atoms with Gasteiger partial charge in [0.2, 0.25) is 17.4 Å². The summed E-state index contributed by atoms with van der Waals surface area (Å²) < 4.78 is 0. The molecule has 0 aromatic carbocycles. The van der Waals surface area contributed by atoms with E-state index in [1.165, 1.54) is 11.3 Å². The van der Waals surface area contributed by atoms with Crippen LogP contribution in [0.15, 0.2) is 0 Å². The number of carbonyl (C=O) groups is 2. The first-order valence-corrected chi connectivity index (χ1v) is 8.33. The van der Waals surface area contributed by atoms with Gasteiger partial charge in [-0.15, -0.1) is 22.0 Å². The van der Waals surface area contributed by atoms with E-state index in [-0.39, 0.29) is 10.8 Å². The first-order chi connectivity index (χ1) is 9.51. The van der Waals surface area contributed by atoms with E-state index in [0.29, 0.717) is 16.8 Å². The molecule has 0 unspecified atom stereocenters. The molecule has 2 fully saturated rings. The van der Waals surface area contributed by atoms with Crippen LogP contribution in [0.5, 0.6) is 0 Å². The smallest absolute Gasteiger partial charge is 0.249 e. The second kappa shape index (κ2) is 5.00. The fourth-order valence-corrected chi connectivity index (χ4v) is 4.30. The zero-order valence-corrected chi connectivity index (χ0v) is 13.0. The summed E-state index contributed by atoms with van der Waals surface area (Å²) in [6.07, 6.45) is 3.07. The van der Waals surface area contributed by atoms with Gasteiger partial charge in [0.15, 0.2) is 0 Å². The maximum absolute atomic E-state index is 12.3. The topological polar surface area (TPSA) is 75.2 Å². The van der Waals surface area contributed by atoms with E-state index < -0.39 is 6.04 Å². The molecular weight excluding hydrogens is 296 g/mol. The van der Waals surface area contributed by atoms with Crippen molar-refractivity contribution < 1.29 is 9.59 Å². The van der Waals surface area contributed by atoms with Gasteiger partial charge in [-0.3, -0.25) is 14.9 Å². The summed E-state index contributed by atoms with van der Waals surface area (Å²) in [7, 11) is 0. The highest BCUT2D eigenvalue weighted by molar-refractivity contribution is 8.00. The van der Waals surface area contributed by atoms with Gasteiger partial charge in [0.05, 0.1) is 4.87 Å². The summed E-state index contributed by atoms with van der Waals surface area (Å²) in [6, 6.07) is -0.444. The van der Waals surface area contributed by atoms with Crippen molar-refractivity contribution >= 4 is 40.5 Å². The first kappa shape index (κ1) is 13.8. The maximum Gasteiger partial charge on any atom is 0.249 e. The number of anilines is 1. The Balaban J connectivity index is 1.67. The number of hydrogen-bond acceptors (Lipinski definition) is 6. The van der Waals surface area contributed by atoms with Crippen LogP contribution in [0.4, 0.5) is 5.13 Å². The molecule has 0 spiro atoms. The zero-order valence-electron chi connectivity index (χ0n) is 11.3. The number of aromatic nitrogens is 2. The van der Waals surface area contributed by atoms with Crippen molar-refractivity contribution in [2.75, 3.05) is 11.1 Å². The molecule has 2 heterocycles. The zero-order chi connectivity index (χ0) is 14.3. The number of hydrogen-bond donors (Lipinski definition) is 1. The van der Waals surface area contributed by atoms with Gasteiger partial charge in [0.25, 0.3) is 0 Å². The molecule has 1 saturated heterocycles. The van der Waals surface area contributed by atoms with Gasteiger partial charge >= 0.3 is 0 Å². The Bertz CT molecular complexity index is 541. The highest BCUT2D eigenvalue weighted by Gasteiger charge is 2.43. The number of nitrogens with one attached hydrogen (secondary N) is 1. The summed E-state index contributed by atoms with van der Waals surface area (Å²) in [6.45, 7) is 3.88. The van der Waals surface area contributed by atoms with E-state index in [1.54, 1.807) is 16.7 Å². The lowest BCUT2D eigenvalue weighted by molar-refractivity contribution is -0.130. The van der Waals surface area contributed by atoms with Crippen LogP contribution in [0.1, 0.15) is 37.6 Å². The summed E-state index contributed by atoms with van der Waals surface area (Å²) in [5, 5.41) is 12.4. The molecule has 1 aliphatic heterocycles. The minimum Gasteiger partial charge on any atom is -0.318 e. The predicted molar refractivity (Wildman–Crippen MR) is 78.7 cm³/mol. The van der Waals surface area contributed by atoms with Crippen molar-refractivity contribution in [3.05, 3.63) is 5.01 Å². The van der Waals surface area contributed by atoms with Crippen LogP contribution in [-0.4, -0.2) is 44.1 Å². The minimum atomic E-state index is -0.444. The molecule has 8 heteroatoms. The van der Waals surface area contributed by atoms with Crippen molar-refractivity contribution in [1.82, 2.24) is 15.1 Å². The second-order valence-electron chi connectivity index (χ2n) is 5.50. The summed E-state index contributed by atoms with van der Waals surface area (Å²) >= 11 is 3.03. The first-order valence-electron chi connectivity index (χ1n) is 6.53. The summed E-state index contributed by atoms with van der Waals surface area (Å²) in [4.78, 5) is 24.7. The fourth-order valence-electron chi connectivity index (χ4n) is 2.18.